The molecule has 0 fully saturated rings. The molecule has 0 saturated heterocycles. The smallest absolute Gasteiger partial charge is 0.241 e. The standard InChI is InChI=1S/C19H16N4O/c24-19-18(15-9-5-2-6-10-15)21-17-12-11-16(22-23(17)19)20-13-14-7-3-1-4-8-14/h1-12,24H,13H2,(H,20,22). The molecule has 0 aliphatic heterocycles. The lowest BCUT2D eigenvalue weighted by atomic mass is 10.2. The average molecular weight is 316 g/mol. The highest BCUT2D eigenvalue weighted by Crippen LogP contribution is 2.29. The van der Waals surface area contributed by atoms with Crippen LogP contribution >= 0.6 is 0 Å². The minimum Gasteiger partial charge on any atom is -0.492 e. The maximum atomic E-state index is 10.5. The van der Waals surface area contributed by atoms with Crippen LogP contribution in [0, 0.1) is 0 Å². The van der Waals surface area contributed by atoms with E-state index in [1.54, 1.807) is 0 Å². The van der Waals surface area contributed by atoms with Gasteiger partial charge in [-0.2, -0.15) is 4.52 Å². The molecule has 2 aromatic heterocycles. The Balaban J connectivity index is 1.64. The highest BCUT2D eigenvalue weighted by Gasteiger charge is 2.14. The van der Waals surface area contributed by atoms with Crippen LogP contribution in [0.4, 0.5) is 5.82 Å². The third-order valence-corrected chi connectivity index (χ3v) is 3.82. The van der Waals surface area contributed by atoms with E-state index >= 15 is 0 Å². The maximum absolute atomic E-state index is 10.5. The number of aromatic hydroxyl groups is 1. The second-order valence-electron chi connectivity index (χ2n) is 5.48. The Morgan fingerprint density at radius 3 is 2.33 bits per heavy atom. The molecule has 0 unspecified atom stereocenters. The van der Waals surface area contributed by atoms with Crippen molar-refractivity contribution < 1.29 is 5.11 Å². The van der Waals surface area contributed by atoms with E-state index in [1.165, 1.54) is 10.1 Å². The summed E-state index contributed by atoms with van der Waals surface area (Å²) in [5.41, 5.74) is 3.17. The number of anilines is 1. The number of benzene rings is 2. The summed E-state index contributed by atoms with van der Waals surface area (Å²) >= 11 is 0. The van der Waals surface area contributed by atoms with E-state index in [9.17, 15) is 5.11 Å². The van der Waals surface area contributed by atoms with Gasteiger partial charge < -0.3 is 10.4 Å². The molecule has 0 radical (unpaired) electrons. The van der Waals surface area contributed by atoms with Crippen molar-refractivity contribution in [2.75, 3.05) is 5.32 Å². The molecular weight excluding hydrogens is 300 g/mol. The number of imidazole rings is 1. The van der Waals surface area contributed by atoms with Crippen LogP contribution < -0.4 is 5.32 Å². The zero-order valence-electron chi connectivity index (χ0n) is 12.9. The molecule has 118 valence electrons. The van der Waals surface area contributed by atoms with E-state index in [2.05, 4.69) is 15.4 Å². The van der Waals surface area contributed by atoms with Gasteiger partial charge >= 0.3 is 0 Å². The summed E-state index contributed by atoms with van der Waals surface area (Å²) in [7, 11) is 0. The second-order valence-corrected chi connectivity index (χ2v) is 5.48. The highest BCUT2D eigenvalue weighted by molar-refractivity contribution is 5.68. The van der Waals surface area contributed by atoms with Crippen LogP contribution in [0.2, 0.25) is 0 Å². The van der Waals surface area contributed by atoms with Crippen molar-refractivity contribution in [2.24, 2.45) is 0 Å². The van der Waals surface area contributed by atoms with Gasteiger partial charge in [-0.25, -0.2) is 4.98 Å². The monoisotopic (exact) mass is 316 g/mol. The molecule has 0 spiro atoms. The van der Waals surface area contributed by atoms with Crippen molar-refractivity contribution >= 4 is 11.5 Å². The van der Waals surface area contributed by atoms with Crippen molar-refractivity contribution in [3.63, 3.8) is 0 Å². The second kappa shape index (κ2) is 6.04. The van der Waals surface area contributed by atoms with E-state index in [4.69, 9.17) is 0 Å². The fourth-order valence-electron chi connectivity index (χ4n) is 2.59. The molecule has 2 N–H and O–H groups in total. The van der Waals surface area contributed by atoms with Crippen LogP contribution in [0.15, 0.2) is 72.8 Å². The first-order chi connectivity index (χ1) is 11.8. The Labute approximate surface area is 139 Å². The molecule has 2 heterocycles. The summed E-state index contributed by atoms with van der Waals surface area (Å²) < 4.78 is 1.45. The number of hydrogen-bond donors (Lipinski definition) is 2. The third kappa shape index (κ3) is 2.67. The number of nitrogens with zero attached hydrogens (tertiary/aromatic N) is 3. The molecule has 2 aromatic carbocycles. The van der Waals surface area contributed by atoms with Crippen LogP contribution in [0.1, 0.15) is 5.56 Å². The van der Waals surface area contributed by atoms with Gasteiger partial charge in [0.2, 0.25) is 5.88 Å². The first-order valence-electron chi connectivity index (χ1n) is 7.73. The lowest BCUT2D eigenvalue weighted by molar-refractivity contribution is 0.441. The Morgan fingerprint density at radius 1 is 0.875 bits per heavy atom. The molecule has 24 heavy (non-hydrogen) atoms. The zero-order valence-corrected chi connectivity index (χ0v) is 12.9. The van der Waals surface area contributed by atoms with Crippen LogP contribution in [-0.2, 0) is 6.54 Å². The van der Waals surface area contributed by atoms with Crippen LogP contribution in [0.5, 0.6) is 5.88 Å². The normalized spacial score (nSPS) is 10.8. The quantitative estimate of drug-likeness (QED) is 0.602. The molecule has 0 amide bonds. The van der Waals surface area contributed by atoms with Crippen LogP contribution in [0.25, 0.3) is 16.9 Å². The Hall–Kier alpha value is -3.34. The van der Waals surface area contributed by atoms with E-state index in [-0.39, 0.29) is 5.88 Å². The van der Waals surface area contributed by atoms with Gasteiger partial charge in [0.25, 0.3) is 0 Å². The molecule has 5 heteroatoms. The Kier molecular flexibility index (Phi) is 3.59. The fourth-order valence-corrected chi connectivity index (χ4v) is 2.59. The molecule has 0 saturated carbocycles. The van der Waals surface area contributed by atoms with Gasteiger partial charge in [0, 0.05) is 12.1 Å². The molecule has 5 nitrogen and oxygen atoms in total. The number of fused-ring (bicyclic) bond motifs is 1. The van der Waals surface area contributed by atoms with Crippen LogP contribution in [0.3, 0.4) is 0 Å². The molecule has 0 aliphatic carbocycles. The lowest BCUT2D eigenvalue weighted by Gasteiger charge is -2.06. The number of aromatic nitrogens is 3. The fraction of sp³-hybridized carbons (Fsp3) is 0.0526. The first-order valence-corrected chi connectivity index (χ1v) is 7.73. The SMILES string of the molecule is Oc1c(-c2ccccc2)nc2ccc(NCc3ccccc3)nn12. The Bertz CT molecular complexity index is 965. The van der Waals surface area contributed by atoms with E-state index in [0.717, 1.165) is 5.56 Å². The first kappa shape index (κ1) is 14.3. The largest absolute Gasteiger partial charge is 0.492 e. The van der Waals surface area contributed by atoms with Gasteiger partial charge in [-0.15, -0.1) is 5.10 Å². The van der Waals surface area contributed by atoms with Crippen molar-refractivity contribution in [2.45, 2.75) is 6.54 Å². The van der Waals surface area contributed by atoms with Gasteiger partial charge in [-0.1, -0.05) is 60.7 Å². The zero-order chi connectivity index (χ0) is 16.4. The van der Waals surface area contributed by atoms with Gasteiger partial charge in [0.1, 0.15) is 11.5 Å². The molecular formula is C19H16N4O. The van der Waals surface area contributed by atoms with Crippen molar-refractivity contribution in [1.29, 1.82) is 0 Å². The number of rotatable bonds is 4. The summed E-state index contributed by atoms with van der Waals surface area (Å²) in [4.78, 5) is 4.46. The number of nitrogens with one attached hydrogen (secondary N) is 1. The van der Waals surface area contributed by atoms with E-state index in [0.29, 0.717) is 23.7 Å². The molecule has 0 bridgehead atoms. The molecule has 0 atom stereocenters. The third-order valence-electron chi connectivity index (χ3n) is 3.82. The Morgan fingerprint density at radius 2 is 1.58 bits per heavy atom. The lowest BCUT2D eigenvalue weighted by Crippen LogP contribution is -2.03. The van der Waals surface area contributed by atoms with E-state index in [1.807, 2.05) is 72.8 Å². The maximum Gasteiger partial charge on any atom is 0.241 e. The molecule has 0 aliphatic rings. The molecule has 4 aromatic rings. The van der Waals surface area contributed by atoms with Gasteiger partial charge in [-0.3, -0.25) is 0 Å². The minimum atomic E-state index is 0.0413. The van der Waals surface area contributed by atoms with Crippen molar-refractivity contribution in [3.05, 3.63) is 78.4 Å². The van der Waals surface area contributed by atoms with Crippen molar-refractivity contribution in [3.8, 4) is 17.1 Å². The summed E-state index contributed by atoms with van der Waals surface area (Å²) in [6, 6.07) is 23.4. The minimum absolute atomic E-state index is 0.0413. The van der Waals surface area contributed by atoms with Gasteiger partial charge in [0.15, 0.2) is 5.65 Å². The topological polar surface area (TPSA) is 62.5 Å². The summed E-state index contributed by atoms with van der Waals surface area (Å²) in [5, 5.41) is 18.2. The summed E-state index contributed by atoms with van der Waals surface area (Å²) in [6.07, 6.45) is 0. The highest BCUT2D eigenvalue weighted by atomic mass is 16.3. The summed E-state index contributed by atoms with van der Waals surface area (Å²) in [6.45, 7) is 0.667. The van der Waals surface area contributed by atoms with Gasteiger partial charge in [-0.05, 0) is 17.7 Å². The van der Waals surface area contributed by atoms with Crippen LogP contribution in [-0.4, -0.2) is 19.7 Å². The average Bonchev–Trinajstić information content (AvgIpc) is 2.98. The predicted molar refractivity (Wildman–Crippen MR) is 93.9 cm³/mol. The van der Waals surface area contributed by atoms with E-state index < -0.39 is 0 Å². The predicted octanol–water partition coefficient (Wildman–Crippen LogP) is 3.71. The van der Waals surface area contributed by atoms with Crippen molar-refractivity contribution in [1.82, 2.24) is 14.6 Å². The summed E-state index contributed by atoms with van der Waals surface area (Å²) in [5.74, 6) is 0.721. The van der Waals surface area contributed by atoms with Gasteiger partial charge in [0.05, 0.1) is 0 Å². The number of hydrogen-bond acceptors (Lipinski definition) is 4. The molecule has 4 rings (SSSR count).